The molecule has 0 aliphatic heterocycles. The van der Waals surface area contributed by atoms with Gasteiger partial charge < -0.3 is 15.4 Å². The topological polar surface area (TPSA) is 45.7 Å². The standard InChI is InChI=1S/C15H22FN3O/c1-10-7-14(10)19-15(17-3)18-9-11(2)20-13-6-4-5-12(16)8-13/h4-6,8,10-11,14H,7,9H2,1-3H3,(H2,17,18,19). The number of guanidine groups is 1. The molecule has 4 nitrogen and oxygen atoms in total. The van der Waals surface area contributed by atoms with E-state index < -0.39 is 0 Å². The molecule has 3 unspecified atom stereocenters. The molecule has 0 amide bonds. The molecule has 0 bridgehead atoms. The first kappa shape index (κ1) is 14.6. The van der Waals surface area contributed by atoms with Crippen LogP contribution >= 0.6 is 0 Å². The summed E-state index contributed by atoms with van der Waals surface area (Å²) < 4.78 is 18.7. The molecule has 2 N–H and O–H groups in total. The first-order valence-electron chi connectivity index (χ1n) is 6.98. The van der Waals surface area contributed by atoms with E-state index in [1.165, 1.54) is 18.6 Å². The molecule has 0 aromatic heterocycles. The Morgan fingerprint density at radius 2 is 2.30 bits per heavy atom. The molecule has 0 heterocycles. The van der Waals surface area contributed by atoms with Crippen molar-refractivity contribution < 1.29 is 9.13 Å². The third-order valence-corrected chi connectivity index (χ3v) is 3.35. The highest BCUT2D eigenvalue weighted by atomic mass is 19.1. The summed E-state index contributed by atoms with van der Waals surface area (Å²) in [5.74, 6) is 1.75. The van der Waals surface area contributed by atoms with Crippen molar-refractivity contribution in [1.29, 1.82) is 0 Å². The number of aliphatic imine (C=N–C) groups is 1. The van der Waals surface area contributed by atoms with Crippen molar-refractivity contribution in [3.8, 4) is 5.75 Å². The normalized spacial score (nSPS) is 23.1. The van der Waals surface area contributed by atoms with E-state index >= 15 is 0 Å². The first-order chi connectivity index (χ1) is 9.58. The zero-order valence-corrected chi connectivity index (χ0v) is 12.2. The number of rotatable bonds is 5. The third-order valence-electron chi connectivity index (χ3n) is 3.35. The molecule has 20 heavy (non-hydrogen) atoms. The molecule has 1 aliphatic carbocycles. The summed E-state index contributed by atoms with van der Waals surface area (Å²) in [4.78, 5) is 4.17. The minimum atomic E-state index is -0.289. The molecule has 110 valence electrons. The monoisotopic (exact) mass is 279 g/mol. The lowest BCUT2D eigenvalue weighted by atomic mass is 10.3. The molecule has 0 saturated heterocycles. The van der Waals surface area contributed by atoms with Gasteiger partial charge in [0.05, 0.1) is 6.54 Å². The van der Waals surface area contributed by atoms with E-state index in [1.807, 2.05) is 6.92 Å². The average Bonchev–Trinajstić information content (AvgIpc) is 3.10. The van der Waals surface area contributed by atoms with Gasteiger partial charge in [-0.3, -0.25) is 4.99 Å². The largest absolute Gasteiger partial charge is 0.489 e. The zero-order valence-electron chi connectivity index (χ0n) is 12.2. The number of halogens is 1. The Bertz CT molecular complexity index is 478. The molecule has 1 aromatic carbocycles. The van der Waals surface area contributed by atoms with Crippen molar-refractivity contribution in [2.24, 2.45) is 10.9 Å². The van der Waals surface area contributed by atoms with E-state index in [-0.39, 0.29) is 11.9 Å². The Balaban J connectivity index is 1.75. The third kappa shape index (κ3) is 4.40. The second kappa shape index (κ2) is 6.59. The van der Waals surface area contributed by atoms with Gasteiger partial charge in [-0.2, -0.15) is 0 Å². The van der Waals surface area contributed by atoms with E-state index in [1.54, 1.807) is 19.2 Å². The van der Waals surface area contributed by atoms with Gasteiger partial charge in [-0.1, -0.05) is 13.0 Å². The van der Waals surface area contributed by atoms with E-state index in [0.29, 0.717) is 18.3 Å². The molecular weight excluding hydrogens is 257 g/mol. The van der Waals surface area contributed by atoms with Gasteiger partial charge in [0.2, 0.25) is 0 Å². The van der Waals surface area contributed by atoms with Crippen molar-refractivity contribution in [1.82, 2.24) is 10.6 Å². The van der Waals surface area contributed by atoms with Crippen LogP contribution in [0.5, 0.6) is 5.75 Å². The van der Waals surface area contributed by atoms with Gasteiger partial charge in [0, 0.05) is 19.2 Å². The summed E-state index contributed by atoms with van der Waals surface area (Å²) in [5.41, 5.74) is 0. The highest BCUT2D eigenvalue weighted by Gasteiger charge is 2.33. The van der Waals surface area contributed by atoms with Gasteiger partial charge >= 0.3 is 0 Å². The first-order valence-corrected chi connectivity index (χ1v) is 6.98. The summed E-state index contributed by atoms with van der Waals surface area (Å²) in [7, 11) is 1.75. The van der Waals surface area contributed by atoms with Crippen LogP contribution in [0.4, 0.5) is 4.39 Å². The van der Waals surface area contributed by atoms with Crippen LogP contribution in [-0.4, -0.2) is 31.7 Å². The summed E-state index contributed by atoms with van der Waals surface area (Å²) >= 11 is 0. The van der Waals surface area contributed by atoms with Crippen molar-refractivity contribution in [2.45, 2.75) is 32.4 Å². The molecule has 0 radical (unpaired) electrons. The molecule has 1 aliphatic rings. The van der Waals surface area contributed by atoms with Crippen LogP contribution in [0.1, 0.15) is 20.3 Å². The maximum Gasteiger partial charge on any atom is 0.191 e. The van der Waals surface area contributed by atoms with Gasteiger partial charge in [-0.25, -0.2) is 4.39 Å². The van der Waals surface area contributed by atoms with Crippen LogP contribution in [0.25, 0.3) is 0 Å². The quantitative estimate of drug-likeness (QED) is 0.641. The maximum absolute atomic E-state index is 13.0. The summed E-state index contributed by atoms with van der Waals surface area (Å²) in [6.45, 7) is 4.75. The summed E-state index contributed by atoms with van der Waals surface area (Å²) in [5, 5.41) is 6.56. The molecule has 3 atom stereocenters. The lowest BCUT2D eigenvalue weighted by molar-refractivity contribution is 0.223. The fourth-order valence-electron chi connectivity index (χ4n) is 1.95. The van der Waals surface area contributed by atoms with Crippen molar-refractivity contribution >= 4 is 5.96 Å². The molecule has 0 spiro atoms. The van der Waals surface area contributed by atoms with Gasteiger partial charge in [-0.05, 0) is 31.4 Å². The smallest absolute Gasteiger partial charge is 0.191 e. The summed E-state index contributed by atoms with van der Waals surface area (Å²) in [6.07, 6.45) is 1.11. The predicted molar refractivity (Wildman–Crippen MR) is 78.6 cm³/mol. The van der Waals surface area contributed by atoms with Crippen LogP contribution in [-0.2, 0) is 0 Å². The van der Waals surface area contributed by atoms with Crippen LogP contribution < -0.4 is 15.4 Å². The van der Waals surface area contributed by atoms with Gasteiger partial charge in [0.25, 0.3) is 0 Å². The highest BCUT2D eigenvalue weighted by Crippen LogP contribution is 2.28. The lowest BCUT2D eigenvalue weighted by Crippen LogP contribution is -2.43. The molecule has 1 saturated carbocycles. The lowest BCUT2D eigenvalue weighted by Gasteiger charge is -2.17. The minimum absolute atomic E-state index is 0.0769. The Morgan fingerprint density at radius 1 is 1.55 bits per heavy atom. The fourth-order valence-corrected chi connectivity index (χ4v) is 1.95. The number of benzene rings is 1. The van der Waals surface area contributed by atoms with Gasteiger partial charge in [0.15, 0.2) is 5.96 Å². The SMILES string of the molecule is CN=C(NCC(C)Oc1cccc(F)c1)NC1CC1C. The number of nitrogens with one attached hydrogen (secondary N) is 2. The highest BCUT2D eigenvalue weighted by molar-refractivity contribution is 5.80. The molecule has 5 heteroatoms. The second-order valence-electron chi connectivity index (χ2n) is 5.30. The average molecular weight is 279 g/mol. The van der Waals surface area contributed by atoms with E-state index in [9.17, 15) is 4.39 Å². The maximum atomic E-state index is 13.0. The van der Waals surface area contributed by atoms with Gasteiger partial charge in [-0.15, -0.1) is 0 Å². The Morgan fingerprint density at radius 3 is 2.90 bits per heavy atom. The summed E-state index contributed by atoms with van der Waals surface area (Å²) in [6, 6.07) is 6.70. The zero-order chi connectivity index (χ0) is 14.5. The van der Waals surface area contributed by atoms with Crippen molar-refractivity contribution in [2.75, 3.05) is 13.6 Å². The van der Waals surface area contributed by atoms with Crippen LogP contribution in [0.15, 0.2) is 29.3 Å². The van der Waals surface area contributed by atoms with Gasteiger partial charge in [0.1, 0.15) is 17.7 Å². The van der Waals surface area contributed by atoms with E-state index in [0.717, 1.165) is 11.9 Å². The van der Waals surface area contributed by atoms with E-state index in [4.69, 9.17) is 4.74 Å². The van der Waals surface area contributed by atoms with Crippen molar-refractivity contribution in [3.05, 3.63) is 30.1 Å². The Kier molecular flexibility index (Phi) is 4.82. The molecular formula is C15H22FN3O. The number of hydrogen-bond acceptors (Lipinski definition) is 2. The van der Waals surface area contributed by atoms with E-state index in [2.05, 4.69) is 22.5 Å². The van der Waals surface area contributed by atoms with Crippen molar-refractivity contribution in [3.63, 3.8) is 0 Å². The van der Waals surface area contributed by atoms with Crippen LogP contribution in [0.2, 0.25) is 0 Å². The molecule has 1 aromatic rings. The molecule has 1 fully saturated rings. The molecule has 2 rings (SSSR count). The Hall–Kier alpha value is -1.78. The Labute approximate surface area is 119 Å². The fraction of sp³-hybridized carbons (Fsp3) is 0.533. The number of hydrogen-bond donors (Lipinski definition) is 2. The second-order valence-corrected chi connectivity index (χ2v) is 5.30. The number of nitrogens with zero attached hydrogens (tertiary/aromatic N) is 1. The number of ether oxygens (including phenoxy) is 1. The minimum Gasteiger partial charge on any atom is -0.489 e. The van der Waals surface area contributed by atoms with Crippen LogP contribution in [0.3, 0.4) is 0 Å². The van der Waals surface area contributed by atoms with Crippen LogP contribution in [0, 0.1) is 11.7 Å². The predicted octanol–water partition coefficient (Wildman–Crippen LogP) is 2.17.